The lowest BCUT2D eigenvalue weighted by Crippen LogP contribution is -2.23. The van der Waals surface area contributed by atoms with Crippen LogP contribution in [0.1, 0.15) is 24.3 Å². The molecule has 110 valence electrons. The molecule has 0 N–H and O–H groups in total. The standard InChI is InChI=1S/C14H14BrN3O2S/c15-11-5-2-1-4-10(11)9-21-14-17-16-12(20-14)8-18-7-3-6-13(18)19/h1-2,4-5H,3,6-9H2. The Morgan fingerprint density at radius 3 is 2.95 bits per heavy atom. The quantitative estimate of drug-likeness (QED) is 0.759. The van der Waals surface area contributed by atoms with E-state index in [4.69, 9.17) is 4.42 Å². The summed E-state index contributed by atoms with van der Waals surface area (Å²) in [4.78, 5) is 13.3. The number of amides is 1. The summed E-state index contributed by atoms with van der Waals surface area (Å²) >= 11 is 5.01. The maximum atomic E-state index is 11.6. The van der Waals surface area contributed by atoms with Crippen molar-refractivity contribution < 1.29 is 9.21 Å². The zero-order valence-electron chi connectivity index (χ0n) is 11.3. The Labute approximate surface area is 135 Å². The number of rotatable bonds is 5. The summed E-state index contributed by atoms with van der Waals surface area (Å²) in [6.07, 6.45) is 1.54. The molecule has 1 aromatic carbocycles. The molecule has 0 radical (unpaired) electrons. The van der Waals surface area contributed by atoms with Crippen LogP contribution in [0.25, 0.3) is 0 Å². The van der Waals surface area contributed by atoms with Crippen molar-refractivity contribution in [2.45, 2.75) is 30.4 Å². The van der Waals surface area contributed by atoms with Crippen LogP contribution in [0.5, 0.6) is 0 Å². The highest BCUT2D eigenvalue weighted by Gasteiger charge is 2.22. The number of aromatic nitrogens is 2. The lowest BCUT2D eigenvalue weighted by Gasteiger charge is -2.11. The van der Waals surface area contributed by atoms with Crippen molar-refractivity contribution in [3.63, 3.8) is 0 Å². The number of halogens is 1. The monoisotopic (exact) mass is 367 g/mol. The van der Waals surface area contributed by atoms with Crippen molar-refractivity contribution in [2.24, 2.45) is 0 Å². The molecule has 0 atom stereocenters. The number of hydrogen-bond donors (Lipinski definition) is 0. The van der Waals surface area contributed by atoms with Crippen LogP contribution in [0, 0.1) is 0 Å². The number of carbonyl (C=O) groups excluding carboxylic acids is 1. The van der Waals surface area contributed by atoms with Gasteiger partial charge < -0.3 is 9.32 Å². The molecule has 0 spiro atoms. The first-order chi connectivity index (χ1) is 10.2. The number of carbonyl (C=O) groups is 1. The maximum Gasteiger partial charge on any atom is 0.276 e. The van der Waals surface area contributed by atoms with Crippen molar-refractivity contribution in [2.75, 3.05) is 6.54 Å². The van der Waals surface area contributed by atoms with Gasteiger partial charge in [0.15, 0.2) is 0 Å². The molecule has 1 saturated heterocycles. The Balaban J connectivity index is 1.58. The second-order valence-electron chi connectivity index (χ2n) is 4.76. The van der Waals surface area contributed by atoms with Gasteiger partial charge in [-0.25, -0.2) is 0 Å². The fraction of sp³-hybridized carbons (Fsp3) is 0.357. The molecule has 21 heavy (non-hydrogen) atoms. The van der Waals surface area contributed by atoms with Gasteiger partial charge in [-0.2, -0.15) is 0 Å². The fourth-order valence-electron chi connectivity index (χ4n) is 2.15. The SMILES string of the molecule is O=C1CCCN1Cc1nnc(SCc2ccccc2Br)o1. The first-order valence-corrected chi connectivity index (χ1v) is 8.46. The van der Waals surface area contributed by atoms with E-state index in [9.17, 15) is 4.79 Å². The molecule has 2 heterocycles. The van der Waals surface area contributed by atoms with Crippen LogP contribution in [-0.2, 0) is 17.1 Å². The molecule has 3 rings (SSSR count). The molecule has 1 fully saturated rings. The van der Waals surface area contributed by atoms with Crippen molar-refractivity contribution in [1.29, 1.82) is 0 Å². The van der Waals surface area contributed by atoms with E-state index in [0.717, 1.165) is 23.2 Å². The third-order valence-corrected chi connectivity index (χ3v) is 4.90. The largest absolute Gasteiger partial charge is 0.414 e. The molecule has 1 aliphatic heterocycles. The number of hydrogen-bond acceptors (Lipinski definition) is 5. The Hall–Kier alpha value is -1.34. The van der Waals surface area contributed by atoms with Gasteiger partial charge in [-0.15, -0.1) is 10.2 Å². The van der Waals surface area contributed by atoms with Crippen LogP contribution < -0.4 is 0 Å². The van der Waals surface area contributed by atoms with Gasteiger partial charge in [0.2, 0.25) is 11.8 Å². The molecule has 2 aromatic rings. The molecular formula is C14H14BrN3O2S. The van der Waals surface area contributed by atoms with E-state index in [1.807, 2.05) is 18.2 Å². The van der Waals surface area contributed by atoms with E-state index in [0.29, 0.717) is 24.1 Å². The Morgan fingerprint density at radius 2 is 2.19 bits per heavy atom. The molecular weight excluding hydrogens is 354 g/mol. The summed E-state index contributed by atoms with van der Waals surface area (Å²) in [6.45, 7) is 1.20. The van der Waals surface area contributed by atoms with Crippen molar-refractivity contribution in [3.8, 4) is 0 Å². The third kappa shape index (κ3) is 3.65. The maximum absolute atomic E-state index is 11.6. The Morgan fingerprint density at radius 1 is 1.33 bits per heavy atom. The van der Waals surface area contributed by atoms with Crippen molar-refractivity contribution >= 4 is 33.6 Å². The normalized spacial score (nSPS) is 14.9. The lowest BCUT2D eigenvalue weighted by atomic mass is 10.2. The minimum atomic E-state index is 0.163. The van der Waals surface area contributed by atoms with Gasteiger partial charge in [0.1, 0.15) is 0 Å². The van der Waals surface area contributed by atoms with Gasteiger partial charge in [-0.3, -0.25) is 4.79 Å². The van der Waals surface area contributed by atoms with Gasteiger partial charge in [0, 0.05) is 23.2 Å². The molecule has 0 bridgehead atoms. The second kappa shape index (κ2) is 6.62. The van der Waals surface area contributed by atoms with Crippen LogP contribution in [0.3, 0.4) is 0 Å². The number of benzene rings is 1. The zero-order chi connectivity index (χ0) is 14.7. The molecule has 0 unspecified atom stereocenters. The van der Waals surface area contributed by atoms with Crippen molar-refractivity contribution in [1.82, 2.24) is 15.1 Å². The van der Waals surface area contributed by atoms with E-state index < -0.39 is 0 Å². The summed E-state index contributed by atoms with van der Waals surface area (Å²) in [5.41, 5.74) is 1.18. The third-order valence-electron chi connectivity index (χ3n) is 3.25. The van der Waals surface area contributed by atoms with Gasteiger partial charge in [-0.1, -0.05) is 45.9 Å². The van der Waals surface area contributed by atoms with Crippen LogP contribution >= 0.6 is 27.7 Å². The average molecular weight is 368 g/mol. The van der Waals surface area contributed by atoms with Crippen LogP contribution in [-0.4, -0.2) is 27.5 Å². The summed E-state index contributed by atoms with van der Waals surface area (Å²) in [5.74, 6) is 1.42. The fourth-order valence-corrected chi connectivity index (χ4v) is 3.54. The van der Waals surface area contributed by atoms with Crippen LogP contribution in [0.2, 0.25) is 0 Å². The predicted molar refractivity (Wildman–Crippen MR) is 82.7 cm³/mol. The van der Waals surface area contributed by atoms with Gasteiger partial charge >= 0.3 is 0 Å². The summed E-state index contributed by atoms with van der Waals surface area (Å²) < 4.78 is 6.66. The molecule has 7 heteroatoms. The van der Waals surface area contributed by atoms with E-state index >= 15 is 0 Å². The number of thioether (sulfide) groups is 1. The van der Waals surface area contributed by atoms with Gasteiger partial charge in [0.25, 0.3) is 5.22 Å². The number of likely N-dealkylation sites (tertiary alicyclic amines) is 1. The topological polar surface area (TPSA) is 59.2 Å². The zero-order valence-corrected chi connectivity index (χ0v) is 13.7. The first kappa shape index (κ1) is 14.6. The molecule has 5 nitrogen and oxygen atoms in total. The van der Waals surface area contributed by atoms with Crippen molar-refractivity contribution in [3.05, 3.63) is 40.2 Å². The lowest BCUT2D eigenvalue weighted by molar-refractivity contribution is -0.128. The van der Waals surface area contributed by atoms with Gasteiger partial charge in [-0.05, 0) is 18.1 Å². The minimum Gasteiger partial charge on any atom is -0.414 e. The molecule has 1 amide bonds. The second-order valence-corrected chi connectivity index (χ2v) is 6.54. The van der Waals surface area contributed by atoms with E-state index in [-0.39, 0.29) is 5.91 Å². The highest BCUT2D eigenvalue weighted by atomic mass is 79.9. The van der Waals surface area contributed by atoms with E-state index in [1.54, 1.807) is 4.90 Å². The Kier molecular flexibility index (Phi) is 4.60. The van der Waals surface area contributed by atoms with E-state index in [1.165, 1.54) is 17.3 Å². The van der Waals surface area contributed by atoms with Crippen LogP contribution in [0.4, 0.5) is 0 Å². The first-order valence-electron chi connectivity index (χ1n) is 6.69. The summed E-state index contributed by atoms with van der Waals surface area (Å²) in [5, 5.41) is 8.56. The molecule has 1 aromatic heterocycles. The minimum absolute atomic E-state index is 0.163. The number of nitrogens with zero attached hydrogens (tertiary/aromatic N) is 3. The average Bonchev–Trinajstić information content (AvgIpc) is 3.09. The summed E-state index contributed by atoms with van der Waals surface area (Å²) in [6, 6.07) is 8.04. The van der Waals surface area contributed by atoms with Crippen LogP contribution in [0.15, 0.2) is 38.4 Å². The smallest absolute Gasteiger partial charge is 0.276 e. The Bertz CT molecular complexity index is 647. The molecule has 0 saturated carbocycles. The summed E-state index contributed by atoms with van der Waals surface area (Å²) in [7, 11) is 0. The predicted octanol–water partition coefficient (Wildman–Crippen LogP) is 3.25. The van der Waals surface area contributed by atoms with E-state index in [2.05, 4.69) is 32.2 Å². The molecule has 1 aliphatic rings. The molecule has 0 aliphatic carbocycles. The highest BCUT2D eigenvalue weighted by Crippen LogP contribution is 2.26. The van der Waals surface area contributed by atoms with Gasteiger partial charge in [0.05, 0.1) is 6.54 Å². The highest BCUT2D eigenvalue weighted by molar-refractivity contribution is 9.10.